The van der Waals surface area contributed by atoms with E-state index in [0.29, 0.717) is 15.6 Å². The molecule has 1 N–H and O–H groups in total. The summed E-state index contributed by atoms with van der Waals surface area (Å²) < 4.78 is 1.44. The second kappa shape index (κ2) is 5.78. The first-order valence-corrected chi connectivity index (χ1v) is 6.91. The first-order valence-electron chi connectivity index (χ1n) is 5.32. The van der Waals surface area contributed by atoms with Crippen molar-refractivity contribution in [2.75, 3.05) is 0 Å². The van der Waals surface area contributed by atoms with Gasteiger partial charge in [-0.25, -0.2) is 0 Å². The van der Waals surface area contributed by atoms with E-state index in [4.69, 9.17) is 0 Å². The van der Waals surface area contributed by atoms with Crippen molar-refractivity contribution >= 4 is 37.6 Å². The smallest absolute Gasteiger partial charge is 0.196 e. The molecule has 0 aromatic heterocycles. The van der Waals surface area contributed by atoms with E-state index in [-0.39, 0.29) is 5.78 Å². The zero-order chi connectivity index (χ0) is 13.1. The summed E-state index contributed by atoms with van der Waals surface area (Å²) in [5, 5.41) is 10.1. The molecule has 18 heavy (non-hydrogen) atoms. The number of halogens is 2. The third kappa shape index (κ3) is 2.71. The molecule has 0 aliphatic heterocycles. The summed E-state index contributed by atoms with van der Waals surface area (Å²) in [5.74, 6) is -0.325. The van der Waals surface area contributed by atoms with Gasteiger partial charge in [0.2, 0.25) is 0 Å². The second-order valence-electron chi connectivity index (χ2n) is 3.78. The number of hydrogen-bond acceptors (Lipinski definition) is 2. The number of ketones is 1. The van der Waals surface area contributed by atoms with Crippen molar-refractivity contribution in [3.05, 3.63) is 68.6 Å². The highest BCUT2D eigenvalue weighted by atomic mass is 79.9. The molecule has 1 unspecified atom stereocenters. The van der Waals surface area contributed by atoms with E-state index < -0.39 is 6.10 Å². The van der Waals surface area contributed by atoms with Gasteiger partial charge < -0.3 is 5.11 Å². The Labute approximate surface area is 122 Å². The van der Waals surface area contributed by atoms with Crippen LogP contribution < -0.4 is 0 Å². The highest BCUT2D eigenvalue weighted by Crippen LogP contribution is 2.29. The van der Waals surface area contributed by atoms with Crippen molar-refractivity contribution in [3.8, 4) is 0 Å². The fourth-order valence-corrected chi connectivity index (χ4v) is 2.45. The van der Waals surface area contributed by atoms with Gasteiger partial charge in [-0.15, -0.1) is 0 Å². The van der Waals surface area contributed by atoms with Crippen LogP contribution in [0.5, 0.6) is 0 Å². The van der Waals surface area contributed by atoms with Gasteiger partial charge in [0, 0.05) is 14.5 Å². The Hall–Kier alpha value is -0.970. The fourth-order valence-electron chi connectivity index (χ4n) is 1.63. The van der Waals surface area contributed by atoms with Crippen LogP contribution in [0, 0.1) is 0 Å². The number of benzene rings is 2. The Balaban J connectivity index is 2.35. The summed E-state index contributed by atoms with van der Waals surface area (Å²) in [7, 11) is 0. The van der Waals surface area contributed by atoms with E-state index in [0.717, 1.165) is 4.47 Å². The van der Waals surface area contributed by atoms with Gasteiger partial charge in [0.05, 0.1) is 0 Å². The summed E-state index contributed by atoms with van der Waals surface area (Å²) in [5.41, 5.74) is 1.05. The van der Waals surface area contributed by atoms with Gasteiger partial charge in [-0.05, 0) is 43.5 Å². The van der Waals surface area contributed by atoms with Crippen LogP contribution in [0.4, 0.5) is 0 Å². The van der Waals surface area contributed by atoms with E-state index in [9.17, 15) is 9.90 Å². The topological polar surface area (TPSA) is 37.3 Å². The Bertz CT molecular complexity index is 567. The van der Waals surface area contributed by atoms with Gasteiger partial charge in [-0.3, -0.25) is 4.79 Å². The molecular formula is C14H10Br2O2. The summed E-state index contributed by atoms with van der Waals surface area (Å²) in [6, 6.07) is 14.2. The monoisotopic (exact) mass is 368 g/mol. The molecule has 0 fully saturated rings. The SMILES string of the molecule is O=C(c1cccc(Br)c1Br)C(O)c1ccccc1. The maximum Gasteiger partial charge on any atom is 0.196 e. The molecule has 0 aliphatic carbocycles. The van der Waals surface area contributed by atoms with Crippen molar-refractivity contribution in [1.82, 2.24) is 0 Å². The van der Waals surface area contributed by atoms with Gasteiger partial charge in [0.25, 0.3) is 0 Å². The number of carbonyl (C=O) groups is 1. The molecule has 2 aromatic rings. The molecule has 0 bridgehead atoms. The van der Waals surface area contributed by atoms with Crippen LogP contribution in [0.15, 0.2) is 57.5 Å². The number of aliphatic hydroxyl groups is 1. The zero-order valence-corrected chi connectivity index (χ0v) is 12.5. The molecule has 92 valence electrons. The molecule has 0 aliphatic rings. The van der Waals surface area contributed by atoms with Crippen LogP contribution in [0.25, 0.3) is 0 Å². The van der Waals surface area contributed by atoms with Gasteiger partial charge >= 0.3 is 0 Å². The molecule has 0 radical (unpaired) electrons. The van der Waals surface area contributed by atoms with Crippen molar-refractivity contribution < 1.29 is 9.90 Å². The maximum absolute atomic E-state index is 12.2. The normalized spacial score (nSPS) is 12.2. The third-order valence-corrected chi connectivity index (χ3v) is 4.63. The first-order chi connectivity index (χ1) is 8.61. The summed E-state index contributed by atoms with van der Waals surface area (Å²) in [4.78, 5) is 12.2. The number of rotatable bonds is 3. The van der Waals surface area contributed by atoms with Crippen LogP contribution in [-0.4, -0.2) is 10.9 Å². The summed E-state index contributed by atoms with van der Waals surface area (Å²) in [6.45, 7) is 0. The largest absolute Gasteiger partial charge is 0.380 e. The standard InChI is InChI=1S/C14H10Br2O2/c15-11-8-4-7-10(12(11)16)14(18)13(17)9-5-2-1-3-6-9/h1-8,13,17H. The van der Waals surface area contributed by atoms with Gasteiger partial charge in [-0.2, -0.15) is 0 Å². The minimum atomic E-state index is -1.14. The van der Waals surface area contributed by atoms with E-state index in [2.05, 4.69) is 31.9 Å². The summed E-state index contributed by atoms with van der Waals surface area (Å²) in [6.07, 6.45) is -1.14. The number of carbonyl (C=O) groups excluding carboxylic acids is 1. The Morgan fingerprint density at radius 1 is 1.00 bits per heavy atom. The number of Topliss-reactive ketones (excluding diaryl/α,β-unsaturated/α-hetero) is 1. The van der Waals surface area contributed by atoms with Crippen molar-refractivity contribution in [2.45, 2.75) is 6.10 Å². The average Bonchev–Trinajstić information content (AvgIpc) is 2.41. The van der Waals surface area contributed by atoms with E-state index in [1.165, 1.54) is 0 Å². The van der Waals surface area contributed by atoms with Crippen molar-refractivity contribution in [2.24, 2.45) is 0 Å². The number of aliphatic hydroxyl groups excluding tert-OH is 1. The van der Waals surface area contributed by atoms with Gasteiger partial charge in [0.1, 0.15) is 6.10 Å². The summed E-state index contributed by atoms with van der Waals surface area (Å²) >= 11 is 6.68. The Morgan fingerprint density at radius 2 is 1.67 bits per heavy atom. The van der Waals surface area contributed by atoms with Crippen LogP contribution in [-0.2, 0) is 0 Å². The first kappa shape index (κ1) is 13.5. The third-order valence-electron chi connectivity index (χ3n) is 2.58. The molecule has 0 heterocycles. The molecule has 4 heteroatoms. The fraction of sp³-hybridized carbons (Fsp3) is 0.0714. The molecule has 0 saturated carbocycles. The van der Waals surface area contributed by atoms with Crippen molar-refractivity contribution in [1.29, 1.82) is 0 Å². The predicted molar refractivity (Wildman–Crippen MR) is 77.6 cm³/mol. The maximum atomic E-state index is 12.2. The molecule has 0 spiro atoms. The molecule has 0 amide bonds. The highest BCUT2D eigenvalue weighted by molar-refractivity contribution is 9.13. The lowest BCUT2D eigenvalue weighted by atomic mass is 10.0. The molecular weight excluding hydrogens is 360 g/mol. The van der Waals surface area contributed by atoms with Gasteiger partial charge in [-0.1, -0.05) is 42.5 Å². The lowest BCUT2D eigenvalue weighted by Crippen LogP contribution is -2.12. The minimum Gasteiger partial charge on any atom is -0.380 e. The molecule has 2 nitrogen and oxygen atoms in total. The van der Waals surface area contributed by atoms with Gasteiger partial charge in [0.15, 0.2) is 5.78 Å². The minimum absolute atomic E-state index is 0.325. The molecule has 1 atom stereocenters. The van der Waals surface area contributed by atoms with Crippen LogP contribution in [0.2, 0.25) is 0 Å². The molecule has 2 rings (SSSR count). The van der Waals surface area contributed by atoms with E-state index in [1.54, 1.807) is 36.4 Å². The lowest BCUT2D eigenvalue weighted by Gasteiger charge is -2.11. The van der Waals surface area contributed by atoms with Crippen LogP contribution in [0.1, 0.15) is 22.0 Å². The van der Waals surface area contributed by atoms with Crippen LogP contribution in [0.3, 0.4) is 0 Å². The van der Waals surface area contributed by atoms with E-state index in [1.807, 2.05) is 12.1 Å². The van der Waals surface area contributed by atoms with Crippen LogP contribution >= 0.6 is 31.9 Å². The quantitative estimate of drug-likeness (QED) is 0.826. The van der Waals surface area contributed by atoms with Crippen molar-refractivity contribution in [3.63, 3.8) is 0 Å². The lowest BCUT2D eigenvalue weighted by molar-refractivity contribution is 0.0746. The predicted octanol–water partition coefficient (Wildman–Crippen LogP) is 4.13. The zero-order valence-electron chi connectivity index (χ0n) is 9.31. The van der Waals surface area contributed by atoms with E-state index >= 15 is 0 Å². The molecule has 0 saturated heterocycles. The highest BCUT2D eigenvalue weighted by Gasteiger charge is 2.21. The average molecular weight is 370 g/mol. The second-order valence-corrected chi connectivity index (χ2v) is 5.43. The molecule has 2 aromatic carbocycles. The number of hydrogen-bond donors (Lipinski definition) is 1. The Morgan fingerprint density at radius 3 is 2.33 bits per heavy atom. The Kier molecular flexibility index (Phi) is 4.32.